The first-order valence-electron chi connectivity index (χ1n) is 5.09. The molecule has 0 saturated carbocycles. The number of benzene rings is 1. The van der Waals surface area contributed by atoms with Gasteiger partial charge in [-0.1, -0.05) is 11.5 Å². The molecular weight excluding hydrogens is 215 g/mol. The molecule has 0 atom stereocenters. The van der Waals surface area contributed by atoms with Gasteiger partial charge >= 0.3 is 0 Å². The SMILES string of the molecule is [B]c1cnc2ccc(C(=O)N(C)OC)cc2c1. The molecule has 5 heteroatoms. The van der Waals surface area contributed by atoms with Crippen molar-refractivity contribution in [3.05, 3.63) is 36.0 Å². The van der Waals surface area contributed by atoms with Gasteiger partial charge in [-0.3, -0.25) is 14.6 Å². The average molecular weight is 226 g/mol. The largest absolute Gasteiger partial charge is 0.277 e. The molecular formula is C12H11BN2O2. The number of rotatable bonds is 2. The van der Waals surface area contributed by atoms with Gasteiger partial charge in [0.05, 0.1) is 12.6 Å². The molecule has 2 rings (SSSR count). The number of hydroxylamine groups is 2. The smallest absolute Gasteiger partial charge is 0.274 e. The highest BCUT2D eigenvalue weighted by molar-refractivity contribution is 6.32. The molecule has 17 heavy (non-hydrogen) atoms. The fourth-order valence-electron chi connectivity index (χ4n) is 1.55. The van der Waals surface area contributed by atoms with Crippen LogP contribution in [0.2, 0.25) is 0 Å². The van der Waals surface area contributed by atoms with Gasteiger partial charge in [-0.05, 0) is 18.2 Å². The van der Waals surface area contributed by atoms with Gasteiger partial charge in [0.25, 0.3) is 5.91 Å². The van der Waals surface area contributed by atoms with Crippen LogP contribution in [0, 0.1) is 0 Å². The number of carbonyl (C=O) groups is 1. The van der Waals surface area contributed by atoms with Crippen LogP contribution in [-0.2, 0) is 4.84 Å². The van der Waals surface area contributed by atoms with Crippen LogP contribution in [0.15, 0.2) is 30.5 Å². The van der Waals surface area contributed by atoms with E-state index in [2.05, 4.69) is 4.98 Å². The van der Waals surface area contributed by atoms with E-state index in [1.165, 1.54) is 12.2 Å². The summed E-state index contributed by atoms with van der Waals surface area (Å²) >= 11 is 0. The molecule has 0 spiro atoms. The fraction of sp³-hybridized carbons (Fsp3) is 0.167. The molecule has 4 nitrogen and oxygen atoms in total. The van der Waals surface area contributed by atoms with Gasteiger partial charge in [0.15, 0.2) is 0 Å². The Morgan fingerprint density at radius 1 is 1.41 bits per heavy atom. The van der Waals surface area contributed by atoms with E-state index < -0.39 is 0 Å². The molecule has 0 aliphatic heterocycles. The molecule has 1 aromatic heterocycles. The maximum Gasteiger partial charge on any atom is 0.277 e. The van der Waals surface area contributed by atoms with Gasteiger partial charge in [-0.15, -0.1) is 0 Å². The summed E-state index contributed by atoms with van der Waals surface area (Å²) in [5, 5.41) is 2.00. The Balaban J connectivity index is 2.47. The third-order valence-corrected chi connectivity index (χ3v) is 2.51. The molecule has 0 N–H and O–H groups in total. The zero-order valence-electron chi connectivity index (χ0n) is 9.68. The minimum atomic E-state index is -0.211. The molecule has 1 aromatic carbocycles. The molecule has 1 heterocycles. The molecule has 0 bridgehead atoms. The van der Waals surface area contributed by atoms with E-state index in [9.17, 15) is 4.79 Å². The summed E-state index contributed by atoms with van der Waals surface area (Å²) in [5.41, 5.74) is 1.91. The van der Waals surface area contributed by atoms with Crippen molar-refractivity contribution in [1.82, 2.24) is 10.0 Å². The predicted molar refractivity (Wildman–Crippen MR) is 66.2 cm³/mol. The normalized spacial score (nSPS) is 10.5. The summed E-state index contributed by atoms with van der Waals surface area (Å²) in [5.74, 6) is -0.211. The van der Waals surface area contributed by atoms with Crippen LogP contribution >= 0.6 is 0 Å². The summed E-state index contributed by atoms with van der Waals surface area (Å²) in [6, 6.07) is 7.03. The Kier molecular flexibility index (Phi) is 3.11. The second-order valence-corrected chi connectivity index (χ2v) is 3.66. The van der Waals surface area contributed by atoms with Crippen molar-refractivity contribution in [2.24, 2.45) is 0 Å². The van der Waals surface area contributed by atoms with Gasteiger partial charge in [0.2, 0.25) is 0 Å². The molecule has 0 unspecified atom stereocenters. The van der Waals surface area contributed by atoms with E-state index in [0.717, 1.165) is 10.9 Å². The molecule has 0 aliphatic rings. The number of carbonyl (C=O) groups excluding carboxylic acids is 1. The van der Waals surface area contributed by atoms with Gasteiger partial charge in [-0.25, -0.2) is 5.06 Å². The Morgan fingerprint density at radius 2 is 2.18 bits per heavy atom. The lowest BCUT2D eigenvalue weighted by Gasteiger charge is -2.13. The van der Waals surface area contributed by atoms with Crippen molar-refractivity contribution in [2.75, 3.05) is 14.2 Å². The van der Waals surface area contributed by atoms with Crippen molar-refractivity contribution in [3.8, 4) is 0 Å². The van der Waals surface area contributed by atoms with Gasteiger partial charge in [0, 0.05) is 24.2 Å². The van der Waals surface area contributed by atoms with Crippen LogP contribution in [0.3, 0.4) is 0 Å². The topological polar surface area (TPSA) is 42.4 Å². The van der Waals surface area contributed by atoms with Gasteiger partial charge in [-0.2, -0.15) is 0 Å². The van der Waals surface area contributed by atoms with Crippen LogP contribution < -0.4 is 5.46 Å². The third-order valence-electron chi connectivity index (χ3n) is 2.51. The second kappa shape index (κ2) is 4.55. The Labute approximate surface area is 101 Å². The van der Waals surface area contributed by atoms with Crippen LogP contribution in [0.5, 0.6) is 0 Å². The van der Waals surface area contributed by atoms with E-state index in [4.69, 9.17) is 12.7 Å². The van der Waals surface area contributed by atoms with Crippen molar-refractivity contribution < 1.29 is 9.63 Å². The van der Waals surface area contributed by atoms with E-state index in [1.54, 1.807) is 37.5 Å². The molecule has 0 fully saturated rings. The van der Waals surface area contributed by atoms with E-state index >= 15 is 0 Å². The van der Waals surface area contributed by atoms with Gasteiger partial charge in [0.1, 0.15) is 7.85 Å². The van der Waals surface area contributed by atoms with Crippen LogP contribution in [0.4, 0.5) is 0 Å². The number of pyridine rings is 1. The molecule has 84 valence electrons. The number of hydrogen-bond donors (Lipinski definition) is 0. The minimum Gasteiger partial charge on any atom is -0.274 e. The Morgan fingerprint density at radius 3 is 2.88 bits per heavy atom. The number of hydrogen-bond acceptors (Lipinski definition) is 3. The highest BCUT2D eigenvalue weighted by atomic mass is 16.7. The first-order valence-corrected chi connectivity index (χ1v) is 5.09. The number of fused-ring (bicyclic) bond motifs is 1. The highest BCUT2D eigenvalue weighted by Crippen LogP contribution is 2.13. The summed E-state index contributed by atoms with van der Waals surface area (Å²) in [4.78, 5) is 20.9. The maximum atomic E-state index is 11.9. The molecule has 2 aromatic rings. The minimum absolute atomic E-state index is 0.211. The number of amides is 1. The number of aromatic nitrogens is 1. The lowest BCUT2D eigenvalue weighted by atomic mass is 9.96. The van der Waals surface area contributed by atoms with E-state index in [1.807, 2.05) is 0 Å². The Bertz CT molecular complexity index is 571. The summed E-state index contributed by atoms with van der Waals surface area (Å²) in [6.07, 6.45) is 1.59. The van der Waals surface area contributed by atoms with Crippen LogP contribution in [0.1, 0.15) is 10.4 Å². The van der Waals surface area contributed by atoms with Crippen LogP contribution in [0.25, 0.3) is 10.9 Å². The van der Waals surface area contributed by atoms with E-state index in [-0.39, 0.29) is 5.91 Å². The first-order chi connectivity index (χ1) is 8.11. The average Bonchev–Trinajstić information content (AvgIpc) is 2.36. The highest BCUT2D eigenvalue weighted by Gasteiger charge is 2.11. The summed E-state index contributed by atoms with van der Waals surface area (Å²) in [7, 11) is 8.66. The molecule has 0 saturated heterocycles. The maximum absolute atomic E-state index is 11.9. The van der Waals surface area contributed by atoms with Gasteiger partial charge < -0.3 is 0 Å². The predicted octanol–water partition coefficient (Wildman–Crippen LogP) is 0.662. The Hall–Kier alpha value is -1.88. The quantitative estimate of drug-likeness (QED) is 0.558. The second-order valence-electron chi connectivity index (χ2n) is 3.66. The number of nitrogens with zero attached hydrogens (tertiary/aromatic N) is 2. The standard InChI is InChI=1S/C12H11BN2O2/c1-15(17-2)12(16)8-3-4-11-9(5-8)6-10(13)7-14-11/h3-7H,1-2H3. The van der Waals surface area contributed by atoms with Crippen molar-refractivity contribution in [2.45, 2.75) is 0 Å². The molecule has 0 aliphatic carbocycles. The molecule has 2 radical (unpaired) electrons. The third kappa shape index (κ3) is 2.29. The zero-order chi connectivity index (χ0) is 12.4. The zero-order valence-corrected chi connectivity index (χ0v) is 9.68. The lowest BCUT2D eigenvalue weighted by molar-refractivity contribution is -0.0756. The van der Waals surface area contributed by atoms with E-state index in [0.29, 0.717) is 11.0 Å². The van der Waals surface area contributed by atoms with Crippen molar-refractivity contribution in [1.29, 1.82) is 0 Å². The summed E-state index contributed by atoms with van der Waals surface area (Å²) in [6.45, 7) is 0. The fourth-order valence-corrected chi connectivity index (χ4v) is 1.55. The monoisotopic (exact) mass is 226 g/mol. The molecule has 1 amide bonds. The van der Waals surface area contributed by atoms with Crippen LogP contribution in [-0.4, -0.2) is 38.0 Å². The van der Waals surface area contributed by atoms with Crippen molar-refractivity contribution >= 4 is 30.1 Å². The summed E-state index contributed by atoms with van der Waals surface area (Å²) < 4.78 is 0. The first kappa shape index (κ1) is 11.6. The lowest BCUT2D eigenvalue weighted by Crippen LogP contribution is -2.25. The van der Waals surface area contributed by atoms with Crippen molar-refractivity contribution in [3.63, 3.8) is 0 Å².